The Morgan fingerprint density at radius 2 is 1.70 bits per heavy atom. The fourth-order valence-electron chi connectivity index (χ4n) is 4.09. The van der Waals surface area contributed by atoms with E-state index < -0.39 is 0 Å². The first kappa shape index (κ1) is 25.0. The van der Waals surface area contributed by atoms with Gasteiger partial charge in [0, 0.05) is 43.8 Å². The zero-order chi connectivity index (χ0) is 22.2. The number of aryl methyl sites for hydroxylation is 2. The van der Waals surface area contributed by atoms with Crippen LogP contribution < -0.4 is 0 Å². The average molecular weight is 611 g/mol. The quantitative estimate of drug-likeness (QED) is 0.222. The molecule has 2 aromatic carbocycles. The van der Waals surface area contributed by atoms with Gasteiger partial charge in [0.1, 0.15) is 0 Å². The van der Waals surface area contributed by atoms with Crippen molar-refractivity contribution in [2.45, 2.75) is 45.4 Å². The first-order chi connectivity index (χ1) is 15.7. The van der Waals surface area contributed by atoms with Crippen LogP contribution in [0.1, 0.15) is 48.4 Å². The maximum Gasteiger partial charge on any atom is 0.0351 e. The van der Waals surface area contributed by atoms with E-state index in [1.807, 2.05) is 49.6 Å². The predicted molar refractivity (Wildman–Crippen MR) is 133 cm³/mol. The Bertz CT molecular complexity index is 1100. The van der Waals surface area contributed by atoms with Crippen LogP contribution in [-0.4, -0.2) is 9.97 Å². The molecule has 0 spiro atoms. The van der Waals surface area contributed by atoms with E-state index in [1.165, 1.54) is 53.6 Å². The van der Waals surface area contributed by atoms with Gasteiger partial charge >= 0.3 is 0 Å². The van der Waals surface area contributed by atoms with Crippen LogP contribution >= 0.6 is 0 Å². The van der Waals surface area contributed by atoms with E-state index in [2.05, 4.69) is 66.9 Å². The van der Waals surface area contributed by atoms with Gasteiger partial charge in [-0.2, -0.15) is 6.42 Å². The molecule has 0 N–H and O–H groups in total. The van der Waals surface area contributed by atoms with Gasteiger partial charge in [0.15, 0.2) is 0 Å². The summed E-state index contributed by atoms with van der Waals surface area (Å²) >= 11 is 0. The molecule has 1 aliphatic carbocycles. The molecule has 2 aromatic heterocycles. The third-order valence-corrected chi connectivity index (χ3v) is 5.91. The van der Waals surface area contributed by atoms with Crippen molar-refractivity contribution in [3.05, 3.63) is 114 Å². The first-order valence-corrected chi connectivity index (χ1v) is 11.5. The second kappa shape index (κ2) is 12.6. The number of hydrogen-bond acceptors (Lipinski definition) is 2. The van der Waals surface area contributed by atoms with Crippen molar-refractivity contribution < 1.29 is 20.1 Å². The van der Waals surface area contributed by atoms with Crippen LogP contribution in [0.2, 0.25) is 0 Å². The Morgan fingerprint density at radius 3 is 2.33 bits per heavy atom. The summed E-state index contributed by atoms with van der Waals surface area (Å²) in [6, 6.07) is 27.9. The van der Waals surface area contributed by atoms with Crippen LogP contribution in [0.15, 0.2) is 85.2 Å². The molecule has 0 bridgehead atoms. The molecule has 5 rings (SSSR count). The topological polar surface area (TPSA) is 25.8 Å². The second-order valence-corrected chi connectivity index (χ2v) is 8.41. The Labute approximate surface area is 211 Å². The van der Waals surface area contributed by atoms with Crippen molar-refractivity contribution >= 4 is 0 Å². The van der Waals surface area contributed by atoms with E-state index >= 15 is 0 Å². The number of aromatic nitrogens is 2. The largest absolute Gasteiger partial charge is 0.320 e. The summed E-state index contributed by atoms with van der Waals surface area (Å²) in [5.74, 6) is 0.567. The van der Waals surface area contributed by atoms with Crippen molar-refractivity contribution in [1.82, 2.24) is 9.97 Å². The smallest absolute Gasteiger partial charge is 0.0351 e. The molecule has 171 valence electrons. The molecular formula is C30H30IrN2-2. The molecule has 1 fully saturated rings. The molecule has 2 nitrogen and oxygen atoms in total. The number of hydrogen-bond donors (Lipinski definition) is 0. The Balaban J connectivity index is 0.000000192. The normalized spacial score (nSPS) is 15.0. The summed E-state index contributed by atoms with van der Waals surface area (Å²) in [6.45, 7) is 4.22. The van der Waals surface area contributed by atoms with Crippen LogP contribution in [0.5, 0.6) is 0 Å². The molecule has 4 aromatic rings. The molecular weight excluding hydrogens is 581 g/mol. The van der Waals surface area contributed by atoms with Crippen molar-refractivity contribution in [3.8, 4) is 22.4 Å². The van der Waals surface area contributed by atoms with E-state index in [1.54, 1.807) is 0 Å². The zero-order valence-electron chi connectivity index (χ0n) is 19.3. The predicted octanol–water partition coefficient (Wildman–Crippen LogP) is 7.77. The van der Waals surface area contributed by atoms with Gasteiger partial charge in [-0.25, -0.2) is 0 Å². The van der Waals surface area contributed by atoms with Crippen molar-refractivity contribution in [1.29, 1.82) is 0 Å². The van der Waals surface area contributed by atoms with Gasteiger partial charge in [0.2, 0.25) is 0 Å². The Morgan fingerprint density at radius 1 is 0.879 bits per heavy atom. The number of rotatable bonds is 3. The molecule has 1 aliphatic rings. The van der Waals surface area contributed by atoms with Crippen molar-refractivity contribution in [3.63, 3.8) is 0 Å². The average Bonchev–Trinajstić information content (AvgIpc) is 2.86. The van der Waals surface area contributed by atoms with Crippen LogP contribution in [-0.2, 0) is 20.1 Å². The van der Waals surface area contributed by atoms with Crippen molar-refractivity contribution in [2.75, 3.05) is 0 Å². The maximum absolute atomic E-state index is 4.71. The number of benzene rings is 2. The number of pyridine rings is 2. The monoisotopic (exact) mass is 611 g/mol. The molecule has 0 aliphatic heterocycles. The maximum atomic E-state index is 4.71. The van der Waals surface area contributed by atoms with Gasteiger partial charge in [-0.3, -0.25) is 4.98 Å². The van der Waals surface area contributed by atoms with Gasteiger partial charge in [0.25, 0.3) is 0 Å². The summed E-state index contributed by atoms with van der Waals surface area (Å²) in [5.41, 5.74) is 8.28. The Kier molecular flexibility index (Phi) is 9.54. The summed E-state index contributed by atoms with van der Waals surface area (Å²) in [6.07, 6.45) is 11.5. The van der Waals surface area contributed by atoms with Gasteiger partial charge in [-0.15, -0.1) is 41.8 Å². The SMILES string of the molecule is Cc1cc(C2[CH-]CCCC2)ncc1-c1ccccc1.Cc1ccc(-c2[c-]cccc2)nc1.[Ir]. The minimum absolute atomic E-state index is 0. The summed E-state index contributed by atoms with van der Waals surface area (Å²) in [7, 11) is 0. The molecule has 33 heavy (non-hydrogen) atoms. The second-order valence-electron chi connectivity index (χ2n) is 8.41. The van der Waals surface area contributed by atoms with E-state index in [-0.39, 0.29) is 20.1 Å². The van der Waals surface area contributed by atoms with E-state index in [0.29, 0.717) is 5.92 Å². The molecule has 1 saturated carbocycles. The van der Waals surface area contributed by atoms with Gasteiger partial charge in [-0.1, -0.05) is 61.7 Å². The summed E-state index contributed by atoms with van der Waals surface area (Å²) < 4.78 is 0. The summed E-state index contributed by atoms with van der Waals surface area (Å²) in [5, 5.41) is 0. The van der Waals surface area contributed by atoms with Gasteiger partial charge in [-0.05, 0) is 42.3 Å². The molecule has 1 unspecified atom stereocenters. The fraction of sp³-hybridized carbons (Fsp3) is 0.233. The molecule has 1 radical (unpaired) electrons. The third-order valence-electron chi connectivity index (χ3n) is 5.91. The molecule has 2 heterocycles. The summed E-state index contributed by atoms with van der Waals surface area (Å²) in [4.78, 5) is 9.03. The fourth-order valence-corrected chi connectivity index (χ4v) is 4.09. The van der Waals surface area contributed by atoms with Crippen LogP contribution in [0.25, 0.3) is 22.4 Å². The minimum atomic E-state index is 0. The molecule has 0 saturated heterocycles. The van der Waals surface area contributed by atoms with Crippen LogP contribution in [0.3, 0.4) is 0 Å². The first-order valence-electron chi connectivity index (χ1n) is 11.5. The van der Waals surface area contributed by atoms with E-state index in [9.17, 15) is 0 Å². The van der Waals surface area contributed by atoms with E-state index in [0.717, 1.165) is 11.3 Å². The molecule has 0 amide bonds. The van der Waals surface area contributed by atoms with Crippen LogP contribution in [0.4, 0.5) is 0 Å². The molecule has 1 atom stereocenters. The minimum Gasteiger partial charge on any atom is -0.320 e. The zero-order valence-corrected chi connectivity index (χ0v) is 21.7. The number of nitrogens with zero attached hydrogens (tertiary/aromatic N) is 2. The van der Waals surface area contributed by atoms with Gasteiger partial charge < -0.3 is 11.4 Å². The van der Waals surface area contributed by atoms with Crippen molar-refractivity contribution in [2.24, 2.45) is 0 Å². The Hall–Kier alpha value is -2.61. The standard InChI is InChI=1S/C18H20N.C12H10N.Ir/c1-14-12-18(16-10-6-3-7-11-16)19-13-17(14)15-8-4-2-5-9-15;1-10-7-8-12(13-9-10)11-5-3-2-4-6-11;/h2,4-5,8-10,12-13,16H,3,6-7,11H2,1H3;2-5,7-9H,1H3;/q2*-1;. The van der Waals surface area contributed by atoms with Gasteiger partial charge in [0.05, 0.1) is 0 Å². The third kappa shape index (κ3) is 6.93. The molecule has 3 heteroatoms. The van der Waals surface area contributed by atoms with Crippen LogP contribution in [0, 0.1) is 26.3 Å². The van der Waals surface area contributed by atoms with E-state index in [4.69, 9.17) is 4.98 Å².